The van der Waals surface area contributed by atoms with Gasteiger partial charge in [-0.2, -0.15) is 12.7 Å². The summed E-state index contributed by atoms with van der Waals surface area (Å²) < 4.78 is 40.8. The van der Waals surface area contributed by atoms with Crippen LogP contribution >= 0.6 is 0 Å². The lowest BCUT2D eigenvalue weighted by Gasteiger charge is -2.19. The Bertz CT molecular complexity index is 616. The predicted octanol–water partition coefficient (Wildman–Crippen LogP) is 1.83. The molecule has 0 saturated carbocycles. The van der Waals surface area contributed by atoms with Crippen molar-refractivity contribution in [1.82, 2.24) is 4.31 Å². The lowest BCUT2D eigenvalue weighted by atomic mass is 10.1. The zero-order valence-corrected chi connectivity index (χ0v) is 12.3. The first-order chi connectivity index (χ1) is 9.19. The first-order valence-electron chi connectivity index (χ1n) is 5.96. The van der Waals surface area contributed by atoms with Gasteiger partial charge in [-0.05, 0) is 31.0 Å². The van der Waals surface area contributed by atoms with Crippen LogP contribution in [0, 0.1) is 12.7 Å². The maximum absolute atomic E-state index is 13.7. The van der Waals surface area contributed by atoms with Crippen LogP contribution in [0.5, 0.6) is 0 Å². The van der Waals surface area contributed by atoms with Crippen molar-refractivity contribution in [2.24, 2.45) is 0 Å². The molecule has 1 aromatic carbocycles. The minimum atomic E-state index is -3.91. The highest BCUT2D eigenvalue weighted by atomic mass is 32.2. The summed E-state index contributed by atoms with van der Waals surface area (Å²) >= 11 is 0. The molecule has 2 N–H and O–H groups in total. The summed E-state index contributed by atoms with van der Waals surface area (Å²) in [6.07, 6.45) is 0.603. The molecule has 0 bridgehead atoms. The molecule has 0 heterocycles. The van der Waals surface area contributed by atoms with Crippen molar-refractivity contribution < 1.29 is 22.7 Å². The molecule has 1 aromatic rings. The quantitative estimate of drug-likeness (QED) is 0.839. The molecule has 0 fully saturated rings. The van der Waals surface area contributed by atoms with Crippen molar-refractivity contribution in [3.8, 4) is 0 Å². The standard InChI is InChI=1S/C12H17FN2O4S/c1-4-5-15(3)20(18,19)14-10-7-8(2)6-9(13)11(10)12(16)17/h6-7,14H,4-5H2,1-3H3,(H,16,17). The molecule has 0 radical (unpaired) electrons. The summed E-state index contributed by atoms with van der Waals surface area (Å²) in [5.41, 5.74) is -0.551. The van der Waals surface area contributed by atoms with Crippen LogP contribution in [0.25, 0.3) is 0 Å². The van der Waals surface area contributed by atoms with Gasteiger partial charge in [0.15, 0.2) is 0 Å². The topological polar surface area (TPSA) is 86.7 Å². The Morgan fingerprint density at radius 3 is 2.55 bits per heavy atom. The SMILES string of the molecule is CCCN(C)S(=O)(=O)Nc1cc(C)cc(F)c1C(=O)O. The van der Waals surface area contributed by atoms with E-state index in [9.17, 15) is 17.6 Å². The number of carboxylic acid groups (broad SMARTS) is 1. The van der Waals surface area contributed by atoms with Gasteiger partial charge in [0.1, 0.15) is 11.4 Å². The van der Waals surface area contributed by atoms with Crippen LogP contribution in [-0.4, -0.2) is 37.4 Å². The Morgan fingerprint density at radius 2 is 2.05 bits per heavy atom. The summed E-state index contributed by atoms with van der Waals surface area (Å²) in [5, 5.41) is 8.99. The fourth-order valence-corrected chi connectivity index (χ4v) is 2.71. The van der Waals surface area contributed by atoms with Gasteiger partial charge in [-0.15, -0.1) is 0 Å². The van der Waals surface area contributed by atoms with E-state index in [1.807, 2.05) is 0 Å². The second kappa shape index (κ2) is 6.19. The number of aromatic carboxylic acids is 1. The van der Waals surface area contributed by atoms with E-state index in [0.717, 1.165) is 10.4 Å². The average molecular weight is 304 g/mol. The molecule has 1 rings (SSSR count). The van der Waals surface area contributed by atoms with Gasteiger partial charge in [0.2, 0.25) is 0 Å². The molecule has 0 aromatic heterocycles. The Labute approximate surface area is 117 Å². The van der Waals surface area contributed by atoms with Crippen LogP contribution in [-0.2, 0) is 10.2 Å². The zero-order chi connectivity index (χ0) is 15.5. The van der Waals surface area contributed by atoms with Crippen LogP contribution in [0.1, 0.15) is 29.3 Å². The third-order valence-corrected chi connectivity index (χ3v) is 4.12. The second-order valence-electron chi connectivity index (χ2n) is 4.40. The van der Waals surface area contributed by atoms with E-state index >= 15 is 0 Å². The van der Waals surface area contributed by atoms with Gasteiger partial charge in [-0.3, -0.25) is 4.72 Å². The molecule has 8 heteroatoms. The maximum atomic E-state index is 13.7. The van der Waals surface area contributed by atoms with E-state index in [2.05, 4.69) is 4.72 Å². The van der Waals surface area contributed by atoms with Crippen LogP contribution in [0.2, 0.25) is 0 Å². The van der Waals surface area contributed by atoms with Crippen LogP contribution in [0.4, 0.5) is 10.1 Å². The number of halogens is 1. The van der Waals surface area contributed by atoms with Crippen molar-refractivity contribution >= 4 is 21.9 Å². The fraction of sp³-hybridized carbons (Fsp3) is 0.417. The number of benzene rings is 1. The minimum absolute atomic E-state index is 0.270. The molecule has 0 saturated heterocycles. The molecular weight excluding hydrogens is 287 g/mol. The number of carbonyl (C=O) groups is 1. The predicted molar refractivity (Wildman–Crippen MR) is 73.6 cm³/mol. The fourth-order valence-electron chi connectivity index (χ4n) is 1.69. The molecule has 0 aliphatic rings. The van der Waals surface area contributed by atoms with Gasteiger partial charge in [0.25, 0.3) is 0 Å². The van der Waals surface area contributed by atoms with Gasteiger partial charge in [0.05, 0.1) is 5.69 Å². The molecule has 0 aliphatic heterocycles. The number of rotatable bonds is 6. The molecule has 6 nitrogen and oxygen atoms in total. The van der Waals surface area contributed by atoms with E-state index in [1.165, 1.54) is 13.1 Å². The smallest absolute Gasteiger partial charge is 0.340 e. The van der Waals surface area contributed by atoms with Crippen LogP contribution in [0.15, 0.2) is 12.1 Å². The monoisotopic (exact) mass is 304 g/mol. The molecule has 0 spiro atoms. The highest BCUT2D eigenvalue weighted by Gasteiger charge is 2.23. The van der Waals surface area contributed by atoms with E-state index in [4.69, 9.17) is 5.11 Å². The van der Waals surface area contributed by atoms with Crippen molar-refractivity contribution in [3.05, 3.63) is 29.1 Å². The highest BCUT2D eigenvalue weighted by molar-refractivity contribution is 7.90. The van der Waals surface area contributed by atoms with Gasteiger partial charge in [0, 0.05) is 13.6 Å². The molecule has 0 unspecified atom stereocenters. The Balaban J connectivity index is 3.24. The highest BCUT2D eigenvalue weighted by Crippen LogP contribution is 2.23. The van der Waals surface area contributed by atoms with E-state index in [1.54, 1.807) is 13.8 Å². The largest absolute Gasteiger partial charge is 0.478 e. The summed E-state index contributed by atoms with van der Waals surface area (Å²) in [5.74, 6) is -2.51. The van der Waals surface area contributed by atoms with Crippen molar-refractivity contribution in [1.29, 1.82) is 0 Å². The van der Waals surface area contributed by atoms with Gasteiger partial charge < -0.3 is 5.11 Å². The van der Waals surface area contributed by atoms with Gasteiger partial charge in [-0.1, -0.05) is 6.92 Å². The van der Waals surface area contributed by atoms with Crippen LogP contribution < -0.4 is 4.72 Å². The third-order valence-electron chi connectivity index (χ3n) is 2.64. The van der Waals surface area contributed by atoms with Gasteiger partial charge in [-0.25, -0.2) is 9.18 Å². The second-order valence-corrected chi connectivity index (χ2v) is 6.18. The maximum Gasteiger partial charge on any atom is 0.340 e. The van der Waals surface area contributed by atoms with E-state index < -0.39 is 27.6 Å². The third kappa shape index (κ3) is 3.67. The van der Waals surface area contributed by atoms with Crippen molar-refractivity contribution in [3.63, 3.8) is 0 Å². The van der Waals surface area contributed by atoms with Crippen molar-refractivity contribution in [2.75, 3.05) is 18.3 Å². The summed E-state index contributed by atoms with van der Waals surface area (Å²) in [4.78, 5) is 11.0. The van der Waals surface area contributed by atoms with E-state index in [-0.39, 0.29) is 12.2 Å². The molecule has 20 heavy (non-hydrogen) atoms. The summed E-state index contributed by atoms with van der Waals surface area (Å²) in [6.45, 7) is 3.62. The first kappa shape index (κ1) is 16.4. The van der Waals surface area contributed by atoms with Crippen molar-refractivity contribution in [2.45, 2.75) is 20.3 Å². The number of hydrogen-bond acceptors (Lipinski definition) is 3. The van der Waals surface area contributed by atoms with E-state index in [0.29, 0.717) is 12.0 Å². The summed E-state index contributed by atoms with van der Waals surface area (Å²) in [6, 6.07) is 2.32. The average Bonchev–Trinajstić information content (AvgIpc) is 2.26. The van der Waals surface area contributed by atoms with Crippen LogP contribution in [0.3, 0.4) is 0 Å². The normalized spacial score (nSPS) is 11.7. The number of nitrogens with zero attached hydrogens (tertiary/aromatic N) is 1. The molecule has 0 atom stereocenters. The number of anilines is 1. The Hall–Kier alpha value is -1.67. The lowest BCUT2D eigenvalue weighted by molar-refractivity contribution is 0.0693. The molecular formula is C12H17FN2O4S. The minimum Gasteiger partial charge on any atom is -0.478 e. The number of carboxylic acids is 1. The van der Waals surface area contributed by atoms with Gasteiger partial charge >= 0.3 is 16.2 Å². The first-order valence-corrected chi connectivity index (χ1v) is 7.40. The number of hydrogen-bond donors (Lipinski definition) is 2. The number of nitrogens with one attached hydrogen (secondary N) is 1. The molecule has 0 aliphatic carbocycles. The Morgan fingerprint density at radius 1 is 1.45 bits per heavy atom. The lowest BCUT2D eigenvalue weighted by Crippen LogP contribution is -2.33. The Kier molecular flexibility index (Phi) is 5.07. The molecule has 0 amide bonds. The number of aryl methyl sites for hydroxylation is 1. The molecule has 112 valence electrons. The summed E-state index contributed by atoms with van der Waals surface area (Å²) in [7, 11) is -2.55. The zero-order valence-electron chi connectivity index (χ0n) is 11.5.